The lowest BCUT2D eigenvalue weighted by molar-refractivity contribution is -0.120. The van der Waals surface area contributed by atoms with Gasteiger partial charge in [-0.1, -0.05) is 29.3 Å². The molecule has 0 aliphatic rings. The Morgan fingerprint density at radius 3 is 2.48 bits per heavy atom. The molecule has 2 aromatic rings. The van der Waals surface area contributed by atoms with E-state index < -0.39 is 0 Å². The Labute approximate surface area is 152 Å². The third-order valence-electron chi connectivity index (χ3n) is 3.77. The number of methoxy groups -OCH3 is 1. The highest BCUT2D eigenvalue weighted by atomic mass is 35.5. The summed E-state index contributed by atoms with van der Waals surface area (Å²) in [5, 5.41) is 3.29. The van der Waals surface area contributed by atoms with E-state index in [0.29, 0.717) is 16.5 Å². The average Bonchev–Trinajstić information content (AvgIpc) is 2.55. The summed E-state index contributed by atoms with van der Waals surface area (Å²) in [4.78, 5) is 25.9. The summed E-state index contributed by atoms with van der Waals surface area (Å²) in [5.41, 5.74) is 3.25. The van der Waals surface area contributed by atoms with Crippen molar-refractivity contribution < 1.29 is 14.3 Å². The van der Waals surface area contributed by atoms with E-state index in [4.69, 9.17) is 16.3 Å². The summed E-state index contributed by atoms with van der Waals surface area (Å²) in [7, 11) is 1.50. The van der Waals surface area contributed by atoms with Crippen molar-refractivity contribution in [2.45, 2.75) is 20.8 Å². The van der Waals surface area contributed by atoms with Crippen LogP contribution >= 0.6 is 11.6 Å². The SMILES string of the molecule is COc1ccc(Cl)cc1N(CC(=O)Nc1ccc(C)cc1C)C(C)=O. The zero-order chi connectivity index (χ0) is 18.6. The fourth-order valence-electron chi connectivity index (χ4n) is 2.53. The van der Waals surface area contributed by atoms with Gasteiger partial charge >= 0.3 is 0 Å². The van der Waals surface area contributed by atoms with Crippen molar-refractivity contribution in [3.8, 4) is 5.75 Å². The van der Waals surface area contributed by atoms with Gasteiger partial charge in [-0.3, -0.25) is 14.5 Å². The molecule has 25 heavy (non-hydrogen) atoms. The molecule has 0 aliphatic carbocycles. The highest BCUT2D eigenvalue weighted by molar-refractivity contribution is 6.31. The van der Waals surface area contributed by atoms with Crippen LogP contribution in [0.3, 0.4) is 0 Å². The fraction of sp³-hybridized carbons (Fsp3) is 0.263. The smallest absolute Gasteiger partial charge is 0.244 e. The lowest BCUT2D eigenvalue weighted by Gasteiger charge is -2.23. The normalized spacial score (nSPS) is 10.3. The number of amides is 2. The molecule has 5 nitrogen and oxygen atoms in total. The van der Waals surface area contributed by atoms with Crippen LogP contribution in [0.2, 0.25) is 5.02 Å². The van der Waals surface area contributed by atoms with Gasteiger partial charge < -0.3 is 10.1 Å². The van der Waals surface area contributed by atoms with Crippen molar-refractivity contribution in [3.63, 3.8) is 0 Å². The van der Waals surface area contributed by atoms with E-state index in [2.05, 4.69) is 5.32 Å². The molecule has 2 aromatic carbocycles. The highest BCUT2D eigenvalue weighted by Gasteiger charge is 2.20. The van der Waals surface area contributed by atoms with Crippen LogP contribution in [0.25, 0.3) is 0 Å². The van der Waals surface area contributed by atoms with Crippen LogP contribution in [0.5, 0.6) is 5.75 Å². The van der Waals surface area contributed by atoms with Crippen LogP contribution < -0.4 is 15.0 Å². The topological polar surface area (TPSA) is 58.6 Å². The predicted octanol–water partition coefficient (Wildman–Crippen LogP) is 3.96. The average molecular weight is 361 g/mol. The number of rotatable bonds is 5. The second-order valence-corrected chi connectivity index (χ2v) is 6.22. The zero-order valence-corrected chi connectivity index (χ0v) is 15.5. The molecule has 2 rings (SSSR count). The first-order valence-corrected chi connectivity index (χ1v) is 8.18. The molecule has 6 heteroatoms. The summed E-state index contributed by atoms with van der Waals surface area (Å²) < 4.78 is 5.28. The van der Waals surface area contributed by atoms with Crippen molar-refractivity contribution in [1.29, 1.82) is 0 Å². The molecule has 0 saturated carbocycles. The molecule has 0 atom stereocenters. The number of hydrogen-bond acceptors (Lipinski definition) is 3. The number of halogens is 1. The van der Waals surface area contributed by atoms with E-state index in [-0.39, 0.29) is 18.4 Å². The number of nitrogens with zero attached hydrogens (tertiary/aromatic N) is 1. The fourth-order valence-corrected chi connectivity index (χ4v) is 2.69. The molecular formula is C19H21ClN2O3. The van der Waals surface area contributed by atoms with Gasteiger partial charge in [0.2, 0.25) is 11.8 Å². The molecule has 0 unspecified atom stereocenters. The molecule has 2 amide bonds. The Balaban J connectivity index is 2.23. The summed E-state index contributed by atoms with van der Waals surface area (Å²) >= 11 is 6.03. The number of aryl methyl sites for hydroxylation is 2. The summed E-state index contributed by atoms with van der Waals surface area (Å²) in [6.45, 7) is 5.16. The summed E-state index contributed by atoms with van der Waals surface area (Å²) in [5.74, 6) is -0.112. The molecule has 0 radical (unpaired) electrons. The lowest BCUT2D eigenvalue weighted by Crippen LogP contribution is -2.37. The first-order chi connectivity index (χ1) is 11.8. The van der Waals surface area contributed by atoms with Gasteiger partial charge in [-0.05, 0) is 43.7 Å². The number of ether oxygens (including phenoxy) is 1. The van der Waals surface area contributed by atoms with Crippen LogP contribution in [-0.2, 0) is 9.59 Å². The molecule has 0 spiro atoms. The first kappa shape index (κ1) is 18.8. The van der Waals surface area contributed by atoms with Crippen LogP contribution in [0.1, 0.15) is 18.1 Å². The van der Waals surface area contributed by atoms with Gasteiger partial charge in [-0.25, -0.2) is 0 Å². The molecule has 0 heterocycles. The van der Waals surface area contributed by atoms with Gasteiger partial charge in [0, 0.05) is 17.6 Å². The maximum absolute atomic E-state index is 12.4. The van der Waals surface area contributed by atoms with Crippen molar-refractivity contribution in [2.24, 2.45) is 0 Å². The summed E-state index contributed by atoms with van der Waals surface area (Å²) in [6.07, 6.45) is 0. The van der Waals surface area contributed by atoms with E-state index in [1.54, 1.807) is 18.2 Å². The Kier molecular flexibility index (Phi) is 6.04. The molecule has 132 valence electrons. The van der Waals surface area contributed by atoms with E-state index in [0.717, 1.165) is 16.8 Å². The van der Waals surface area contributed by atoms with Crippen LogP contribution in [0.15, 0.2) is 36.4 Å². The molecule has 0 bridgehead atoms. The number of nitrogens with one attached hydrogen (secondary N) is 1. The third kappa shape index (κ3) is 4.73. The van der Waals surface area contributed by atoms with E-state index in [1.165, 1.54) is 18.9 Å². The lowest BCUT2D eigenvalue weighted by atomic mass is 10.1. The molecule has 1 N–H and O–H groups in total. The minimum atomic E-state index is -0.302. The van der Waals surface area contributed by atoms with E-state index in [9.17, 15) is 9.59 Å². The number of benzene rings is 2. The molecule has 0 aromatic heterocycles. The maximum Gasteiger partial charge on any atom is 0.244 e. The van der Waals surface area contributed by atoms with E-state index >= 15 is 0 Å². The Morgan fingerprint density at radius 1 is 1.16 bits per heavy atom. The number of carbonyl (C=O) groups is 2. The third-order valence-corrected chi connectivity index (χ3v) is 4.00. The minimum Gasteiger partial charge on any atom is -0.495 e. The van der Waals surface area contributed by atoms with Crippen molar-refractivity contribution in [3.05, 3.63) is 52.5 Å². The number of anilines is 2. The van der Waals surface area contributed by atoms with Gasteiger partial charge in [0.1, 0.15) is 12.3 Å². The van der Waals surface area contributed by atoms with Gasteiger partial charge in [-0.15, -0.1) is 0 Å². The maximum atomic E-state index is 12.4. The van der Waals surface area contributed by atoms with Crippen molar-refractivity contribution in [2.75, 3.05) is 23.9 Å². The van der Waals surface area contributed by atoms with Crippen LogP contribution in [-0.4, -0.2) is 25.5 Å². The Bertz CT molecular complexity index is 805. The second-order valence-electron chi connectivity index (χ2n) is 5.79. The van der Waals surface area contributed by atoms with Crippen molar-refractivity contribution >= 4 is 34.8 Å². The monoisotopic (exact) mass is 360 g/mol. The number of hydrogen-bond donors (Lipinski definition) is 1. The molecular weight excluding hydrogens is 340 g/mol. The Morgan fingerprint density at radius 2 is 1.88 bits per heavy atom. The first-order valence-electron chi connectivity index (χ1n) is 7.80. The standard InChI is InChI=1S/C19H21ClN2O3/c1-12-5-7-16(13(2)9-12)21-19(24)11-22(14(3)23)17-10-15(20)6-8-18(17)25-4/h5-10H,11H2,1-4H3,(H,21,24). The van der Waals surface area contributed by atoms with Crippen LogP contribution in [0.4, 0.5) is 11.4 Å². The summed E-state index contributed by atoms with van der Waals surface area (Å²) in [6, 6.07) is 10.7. The molecule has 0 aliphatic heterocycles. The van der Waals surface area contributed by atoms with Crippen molar-refractivity contribution in [1.82, 2.24) is 0 Å². The van der Waals surface area contributed by atoms with E-state index in [1.807, 2.05) is 32.0 Å². The highest BCUT2D eigenvalue weighted by Crippen LogP contribution is 2.31. The predicted molar refractivity (Wildman–Crippen MR) is 101 cm³/mol. The largest absolute Gasteiger partial charge is 0.495 e. The number of carbonyl (C=O) groups excluding carboxylic acids is 2. The van der Waals surface area contributed by atoms with Gasteiger partial charge in [0.05, 0.1) is 12.8 Å². The zero-order valence-electron chi connectivity index (χ0n) is 14.7. The Hall–Kier alpha value is -2.53. The molecule has 0 saturated heterocycles. The van der Waals surface area contributed by atoms with Gasteiger partial charge in [-0.2, -0.15) is 0 Å². The minimum absolute atomic E-state index is 0.140. The molecule has 0 fully saturated rings. The van der Waals surface area contributed by atoms with Crippen LogP contribution in [0, 0.1) is 13.8 Å². The van der Waals surface area contributed by atoms with Gasteiger partial charge in [0.25, 0.3) is 0 Å². The second kappa shape index (κ2) is 8.03. The quantitative estimate of drug-likeness (QED) is 0.878. The van der Waals surface area contributed by atoms with Gasteiger partial charge in [0.15, 0.2) is 0 Å².